The molecule has 4 rings (SSSR count). The lowest BCUT2D eigenvalue weighted by Crippen LogP contribution is -2.43. The van der Waals surface area contributed by atoms with Gasteiger partial charge in [-0.15, -0.1) is 0 Å². The van der Waals surface area contributed by atoms with E-state index in [0.717, 1.165) is 12.4 Å². The van der Waals surface area contributed by atoms with E-state index in [-0.39, 0.29) is 17.5 Å². The molecule has 0 unspecified atom stereocenters. The molecular weight excluding hydrogens is 297 g/mol. The minimum absolute atomic E-state index is 0.185. The van der Waals surface area contributed by atoms with E-state index < -0.39 is 0 Å². The van der Waals surface area contributed by atoms with Gasteiger partial charge in [0.1, 0.15) is 17.3 Å². The molecule has 0 saturated carbocycles. The normalized spacial score (nSPS) is 18.8. The van der Waals surface area contributed by atoms with E-state index in [1.54, 1.807) is 16.7 Å². The molecule has 0 N–H and O–H groups in total. The molecular formula is C17H14FN3O2. The Kier molecular flexibility index (Phi) is 3.36. The minimum atomic E-state index is -0.338. The predicted molar refractivity (Wildman–Crippen MR) is 82.8 cm³/mol. The van der Waals surface area contributed by atoms with Crippen molar-refractivity contribution in [1.29, 1.82) is 0 Å². The molecule has 116 valence electrons. The minimum Gasteiger partial charge on any atom is -0.377 e. The zero-order valence-electron chi connectivity index (χ0n) is 12.3. The number of halogens is 1. The van der Waals surface area contributed by atoms with Crippen LogP contribution in [0.15, 0.2) is 35.1 Å². The van der Waals surface area contributed by atoms with Gasteiger partial charge in [-0.25, -0.2) is 9.18 Å². The van der Waals surface area contributed by atoms with Crippen LogP contribution >= 0.6 is 0 Å². The zero-order chi connectivity index (χ0) is 15.8. The highest BCUT2D eigenvalue weighted by Gasteiger charge is 2.33. The van der Waals surface area contributed by atoms with Crippen molar-refractivity contribution in [2.24, 2.45) is 0 Å². The van der Waals surface area contributed by atoms with Crippen LogP contribution in [0.2, 0.25) is 0 Å². The Bertz CT molecular complexity index is 881. The highest BCUT2D eigenvalue weighted by molar-refractivity contribution is 5.50. The Labute approximate surface area is 132 Å². The van der Waals surface area contributed by atoms with Crippen molar-refractivity contribution in [2.75, 3.05) is 24.7 Å². The first-order chi connectivity index (χ1) is 11.2. The second-order valence-corrected chi connectivity index (χ2v) is 5.58. The average Bonchev–Trinajstić information content (AvgIpc) is 2.93. The quantitative estimate of drug-likeness (QED) is 0.681. The van der Waals surface area contributed by atoms with E-state index in [4.69, 9.17) is 4.74 Å². The maximum absolute atomic E-state index is 13.2. The lowest BCUT2D eigenvalue weighted by molar-refractivity contribution is 0.0956. The number of anilines is 1. The highest BCUT2D eigenvalue weighted by Crippen LogP contribution is 2.26. The second kappa shape index (κ2) is 5.52. The maximum atomic E-state index is 13.2. The smallest absolute Gasteiger partial charge is 0.350 e. The third-order valence-electron chi connectivity index (χ3n) is 4.06. The summed E-state index contributed by atoms with van der Waals surface area (Å²) >= 11 is 0. The summed E-state index contributed by atoms with van der Waals surface area (Å²) in [4.78, 5) is 18.4. The maximum Gasteiger partial charge on any atom is 0.350 e. The molecule has 0 amide bonds. The molecule has 0 bridgehead atoms. The number of hydrogen-bond acceptors (Lipinski definition) is 4. The van der Waals surface area contributed by atoms with E-state index in [0.29, 0.717) is 31.0 Å². The number of ether oxygens (including phenoxy) is 1. The van der Waals surface area contributed by atoms with Crippen LogP contribution < -0.4 is 10.6 Å². The van der Waals surface area contributed by atoms with E-state index in [9.17, 15) is 9.18 Å². The third-order valence-corrected chi connectivity index (χ3v) is 4.06. The molecule has 1 atom stereocenters. The van der Waals surface area contributed by atoms with Gasteiger partial charge in [-0.05, 0) is 24.1 Å². The number of benzene rings is 1. The molecule has 1 aromatic heterocycles. The van der Waals surface area contributed by atoms with Gasteiger partial charge in [-0.3, -0.25) is 4.57 Å². The molecule has 2 aliphatic rings. The first kappa shape index (κ1) is 14.0. The summed E-state index contributed by atoms with van der Waals surface area (Å²) in [6.45, 7) is 2.62. The lowest BCUT2D eigenvalue weighted by Gasteiger charge is -2.30. The molecule has 0 spiro atoms. The highest BCUT2D eigenvalue weighted by atomic mass is 19.1. The number of rotatable bonds is 0. The molecule has 23 heavy (non-hydrogen) atoms. The topological polar surface area (TPSA) is 47.4 Å². The van der Waals surface area contributed by atoms with Crippen LogP contribution in [-0.4, -0.2) is 35.4 Å². The van der Waals surface area contributed by atoms with Crippen molar-refractivity contribution in [3.63, 3.8) is 0 Å². The summed E-state index contributed by atoms with van der Waals surface area (Å²) in [6.07, 6.45) is 0. The van der Waals surface area contributed by atoms with Crippen molar-refractivity contribution in [1.82, 2.24) is 9.55 Å². The Morgan fingerprint density at radius 2 is 2.22 bits per heavy atom. The first-order valence-corrected chi connectivity index (χ1v) is 7.44. The molecule has 2 aliphatic heterocycles. The van der Waals surface area contributed by atoms with Gasteiger partial charge in [0.05, 0.1) is 25.8 Å². The van der Waals surface area contributed by atoms with E-state index in [1.165, 1.54) is 12.1 Å². The van der Waals surface area contributed by atoms with Crippen LogP contribution in [-0.2, 0) is 11.3 Å². The predicted octanol–water partition coefficient (Wildman–Crippen LogP) is 1.00. The van der Waals surface area contributed by atoms with Gasteiger partial charge in [-0.1, -0.05) is 12.0 Å². The molecule has 1 fully saturated rings. The molecule has 5 nitrogen and oxygen atoms in total. The van der Waals surface area contributed by atoms with Gasteiger partial charge in [0.25, 0.3) is 0 Å². The number of aromatic nitrogens is 2. The van der Waals surface area contributed by atoms with Gasteiger partial charge in [0.2, 0.25) is 0 Å². The molecule has 1 aromatic carbocycles. The fourth-order valence-corrected chi connectivity index (χ4v) is 2.99. The van der Waals surface area contributed by atoms with Gasteiger partial charge in [-0.2, -0.15) is 4.98 Å². The van der Waals surface area contributed by atoms with E-state index in [2.05, 4.69) is 21.7 Å². The van der Waals surface area contributed by atoms with Crippen LogP contribution in [0.1, 0.15) is 11.3 Å². The Morgan fingerprint density at radius 1 is 1.30 bits per heavy atom. The summed E-state index contributed by atoms with van der Waals surface area (Å²) in [5.41, 5.74) is 0.648. The Balaban J connectivity index is 1.70. The largest absolute Gasteiger partial charge is 0.377 e. The fraction of sp³-hybridized carbons (Fsp3) is 0.294. The molecule has 0 radical (unpaired) electrons. The van der Waals surface area contributed by atoms with Crippen molar-refractivity contribution in [2.45, 2.75) is 12.6 Å². The molecule has 3 heterocycles. The molecule has 1 saturated heterocycles. The first-order valence-electron chi connectivity index (χ1n) is 7.44. The average molecular weight is 311 g/mol. The van der Waals surface area contributed by atoms with Gasteiger partial charge in [0.15, 0.2) is 0 Å². The summed E-state index contributed by atoms with van der Waals surface area (Å²) in [7, 11) is 0. The number of morpholine rings is 1. The Morgan fingerprint density at radius 3 is 3.09 bits per heavy atom. The van der Waals surface area contributed by atoms with Crippen molar-refractivity contribution in [3.8, 4) is 11.8 Å². The van der Waals surface area contributed by atoms with Gasteiger partial charge in [0, 0.05) is 18.2 Å². The summed E-state index contributed by atoms with van der Waals surface area (Å²) < 4.78 is 20.3. The zero-order valence-corrected chi connectivity index (χ0v) is 12.3. The monoisotopic (exact) mass is 311 g/mol. The summed E-state index contributed by atoms with van der Waals surface area (Å²) in [5, 5.41) is 0. The van der Waals surface area contributed by atoms with E-state index in [1.807, 2.05) is 6.07 Å². The number of hydrogen-bond donors (Lipinski definition) is 0. The second-order valence-electron chi connectivity index (χ2n) is 5.58. The number of nitrogens with zero attached hydrogens (tertiary/aromatic N) is 3. The summed E-state index contributed by atoms with van der Waals surface area (Å²) in [5.74, 6) is 6.20. The SMILES string of the molecule is O=c1nc(C#Cc2cccc(F)c2)cc2n1C[C@H]1COCCN21. The van der Waals surface area contributed by atoms with Crippen LogP contribution in [0.5, 0.6) is 0 Å². The standard InChI is InChI=1S/C17H14FN3O2/c18-13-3-1-2-12(8-13)4-5-14-9-16-20-6-7-23-11-15(20)10-21(16)17(22)19-14/h1-3,8-9,15H,6-7,10-11H2/t15-/m0/s1. The van der Waals surface area contributed by atoms with Crippen LogP contribution in [0.25, 0.3) is 0 Å². The van der Waals surface area contributed by atoms with Crippen LogP contribution in [0.4, 0.5) is 10.2 Å². The molecule has 2 aromatic rings. The van der Waals surface area contributed by atoms with Crippen molar-refractivity contribution in [3.05, 3.63) is 57.9 Å². The van der Waals surface area contributed by atoms with Crippen molar-refractivity contribution < 1.29 is 9.13 Å². The van der Waals surface area contributed by atoms with Crippen LogP contribution in [0, 0.1) is 17.7 Å². The lowest BCUT2D eigenvalue weighted by atomic mass is 10.2. The molecule has 0 aliphatic carbocycles. The molecule has 6 heteroatoms. The van der Waals surface area contributed by atoms with E-state index >= 15 is 0 Å². The fourth-order valence-electron chi connectivity index (χ4n) is 2.99. The Hall–Kier alpha value is -2.65. The van der Waals surface area contributed by atoms with Crippen molar-refractivity contribution >= 4 is 5.82 Å². The van der Waals surface area contributed by atoms with Gasteiger partial charge >= 0.3 is 5.69 Å². The van der Waals surface area contributed by atoms with Gasteiger partial charge < -0.3 is 9.64 Å². The van der Waals surface area contributed by atoms with Crippen LogP contribution in [0.3, 0.4) is 0 Å². The third kappa shape index (κ3) is 2.60. The summed E-state index contributed by atoms with van der Waals surface area (Å²) in [6, 6.07) is 8.04. The number of fused-ring (bicyclic) bond motifs is 3.